The Hall–Kier alpha value is -1.24. The van der Waals surface area contributed by atoms with E-state index < -0.39 is 0 Å². The van der Waals surface area contributed by atoms with E-state index in [0.717, 1.165) is 0 Å². The predicted octanol–water partition coefficient (Wildman–Crippen LogP) is 4.65. The van der Waals surface area contributed by atoms with Crippen LogP contribution in [0.2, 0.25) is 0 Å². The van der Waals surface area contributed by atoms with Gasteiger partial charge < -0.3 is 4.74 Å². The van der Waals surface area contributed by atoms with Gasteiger partial charge in [-0.15, -0.1) is 0 Å². The minimum atomic E-state index is 0.280. The van der Waals surface area contributed by atoms with Crippen LogP contribution in [0.3, 0.4) is 0 Å². The molecule has 1 aliphatic rings. The van der Waals surface area contributed by atoms with E-state index in [-0.39, 0.29) is 5.41 Å². The lowest BCUT2D eigenvalue weighted by molar-refractivity contribution is 0.331. The lowest BCUT2D eigenvalue weighted by atomic mass is 9.63. The third-order valence-electron chi connectivity index (χ3n) is 4.27. The molecule has 0 amide bonds. The zero-order valence-corrected chi connectivity index (χ0v) is 12.2. The van der Waals surface area contributed by atoms with E-state index in [2.05, 4.69) is 45.9 Å². The molecule has 0 aromatic heterocycles. The standard InChI is InChI=1S/C17H24O/c1-16(2)9-10-17(3,4)15-12-13(8-11-18-5)6-7-14(15)16/h6-8,11-12H,9-10H2,1-5H3/b11-8+. The Morgan fingerprint density at radius 2 is 1.61 bits per heavy atom. The fourth-order valence-corrected chi connectivity index (χ4v) is 2.86. The van der Waals surface area contributed by atoms with Gasteiger partial charge in [0.2, 0.25) is 0 Å². The van der Waals surface area contributed by atoms with Crippen molar-refractivity contribution in [3.63, 3.8) is 0 Å². The van der Waals surface area contributed by atoms with Gasteiger partial charge >= 0.3 is 0 Å². The first kappa shape index (κ1) is 13.2. The largest absolute Gasteiger partial charge is 0.504 e. The summed E-state index contributed by atoms with van der Waals surface area (Å²) in [6.07, 6.45) is 6.28. The normalized spacial score (nSPS) is 20.7. The second-order valence-electron chi connectivity index (χ2n) is 6.61. The van der Waals surface area contributed by atoms with E-state index >= 15 is 0 Å². The number of benzene rings is 1. The number of hydrogen-bond donors (Lipinski definition) is 0. The molecule has 0 aliphatic heterocycles. The van der Waals surface area contributed by atoms with Crippen LogP contribution in [0.4, 0.5) is 0 Å². The number of methoxy groups -OCH3 is 1. The molecule has 1 heteroatoms. The van der Waals surface area contributed by atoms with Gasteiger partial charge in [-0.3, -0.25) is 0 Å². The van der Waals surface area contributed by atoms with E-state index in [9.17, 15) is 0 Å². The molecule has 0 radical (unpaired) electrons. The van der Waals surface area contributed by atoms with E-state index in [4.69, 9.17) is 4.74 Å². The topological polar surface area (TPSA) is 9.23 Å². The summed E-state index contributed by atoms with van der Waals surface area (Å²) in [4.78, 5) is 0. The Labute approximate surface area is 111 Å². The molecule has 0 spiro atoms. The van der Waals surface area contributed by atoms with E-state index in [1.165, 1.54) is 29.5 Å². The summed E-state index contributed by atoms with van der Waals surface area (Å²) in [5.74, 6) is 0. The fraction of sp³-hybridized carbons (Fsp3) is 0.529. The molecule has 1 nitrogen and oxygen atoms in total. The van der Waals surface area contributed by atoms with Crippen molar-refractivity contribution >= 4 is 6.08 Å². The van der Waals surface area contributed by atoms with Crippen molar-refractivity contribution in [2.24, 2.45) is 0 Å². The smallest absolute Gasteiger partial charge is 0.0830 e. The third kappa shape index (κ3) is 2.31. The van der Waals surface area contributed by atoms with Gasteiger partial charge in [-0.1, -0.05) is 45.9 Å². The van der Waals surface area contributed by atoms with E-state index in [1.807, 2.05) is 6.08 Å². The quantitative estimate of drug-likeness (QED) is 0.688. The SMILES string of the molecule is CO/C=C/c1ccc2c(c1)C(C)(C)CCC2(C)C. The van der Waals surface area contributed by atoms with Crippen LogP contribution in [0.5, 0.6) is 0 Å². The fourth-order valence-electron chi connectivity index (χ4n) is 2.86. The summed E-state index contributed by atoms with van der Waals surface area (Å²) in [7, 11) is 1.68. The van der Waals surface area contributed by atoms with Gasteiger partial charge in [0.1, 0.15) is 0 Å². The van der Waals surface area contributed by atoms with Crippen molar-refractivity contribution < 1.29 is 4.74 Å². The van der Waals surface area contributed by atoms with E-state index in [0.29, 0.717) is 5.41 Å². The van der Waals surface area contributed by atoms with Crippen molar-refractivity contribution in [3.8, 4) is 0 Å². The lowest BCUT2D eigenvalue weighted by Gasteiger charge is -2.42. The highest BCUT2D eigenvalue weighted by Gasteiger charge is 2.36. The third-order valence-corrected chi connectivity index (χ3v) is 4.27. The monoisotopic (exact) mass is 244 g/mol. The van der Waals surface area contributed by atoms with Crippen molar-refractivity contribution in [3.05, 3.63) is 41.2 Å². The number of ether oxygens (including phenoxy) is 1. The highest BCUT2D eigenvalue weighted by Crippen LogP contribution is 2.45. The molecule has 0 saturated carbocycles. The number of fused-ring (bicyclic) bond motifs is 1. The van der Waals surface area contributed by atoms with Crippen molar-refractivity contribution in [2.45, 2.75) is 51.4 Å². The Balaban J connectivity index is 2.51. The maximum absolute atomic E-state index is 5.00. The molecular weight excluding hydrogens is 220 g/mol. The Morgan fingerprint density at radius 3 is 2.22 bits per heavy atom. The molecule has 0 N–H and O–H groups in total. The van der Waals surface area contributed by atoms with Crippen molar-refractivity contribution in [1.82, 2.24) is 0 Å². The Bertz CT molecular complexity index is 466. The Kier molecular flexibility index (Phi) is 3.27. The van der Waals surface area contributed by atoms with Crippen LogP contribution in [0, 0.1) is 0 Å². The maximum Gasteiger partial charge on any atom is 0.0830 e. The van der Waals surface area contributed by atoms with Crippen LogP contribution < -0.4 is 0 Å². The molecule has 1 aromatic rings. The summed E-state index contributed by atoms with van der Waals surface area (Å²) in [5, 5.41) is 0. The molecule has 0 heterocycles. The molecule has 1 aromatic carbocycles. The molecular formula is C17H24O. The first-order chi connectivity index (χ1) is 8.37. The molecule has 2 rings (SSSR count). The van der Waals surface area contributed by atoms with Gasteiger partial charge in [0.15, 0.2) is 0 Å². The minimum absolute atomic E-state index is 0.280. The number of hydrogen-bond acceptors (Lipinski definition) is 1. The second kappa shape index (κ2) is 4.46. The van der Waals surface area contributed by atoms with Gasteiger partial charge in [0.25, 0.3) is 0 Å². The van der Waals surface area contributed by atoms with Crippen LogP contribution in [0.15, 0.2) is 24.5 Å². The summed E-state index contributed by atoms with van der Waals surface area (Å²) < 4.78 is 5.00. The molecule has 0 saturated heterocycles. The maximum atomic E-state index is 5.00. The average molecular weight is 244 g/mol. The average Bonchev–Trinajstić information content (AvgIpc) is 2.32. The minimum Gasteiger partial charge on any atom is -0.504 e. The van der Waals surface area contributed by atoms with Crippen molar-refractivity contribution in [1.29, 1.82) is 0 Å². The molecule has 18 heavy (non-hydrogen) atoms. The van der Waals surface area contributed by atoms with E-state index in [1.54, 1.807) is 13.4 Å². The zero-order valence-electron chi connectivity index (χ0n) is 12.2. The molecule has 0 unspecified atom stereocenters. The molecule has 1 aliphatic carbocycles. The first-order valence-corrected chi connectivity index (χ1v) is 6.71. The van der Waals surface area contributed by atoms with Gasteiger partial charge in [0.05, 0.1) is 13.4 Å². The molecule has 0 fully saturated rings. The van der Waals surface area contributed by atoms with Crippen molar-refractivity contribution in [2.75, 3.05) is 7.11 Å². The molecule has 0 bridgehead atoms. The van der Waals surface area contributed by atoms with Gasteiger partial charge in [-0.25, -0.2) is 0 Å². The predicted molar refractivity (Wildman–Crippen MR) is 77.8 cm³/mol. The van der Waals surface area contributed by atoms with Crippen LogP contribution >= 0.6 is 0 Å². The summed E-state index contributed by atoms with van der Waals surface area (Å²) in [5.41, 5.74) is 4.81. The van der Waals surface area contributed by atoms with Gasteiger partial charge in [0, 0.05) is 0 Å². The summed E-state index contributed by atoms with van der Waals surface area (Å²) >= 11 is 0. The molecule has 0 atom stereocenters. The summed E-state index contributed by atoms with van der Waals surface area (Å²) in [6, 6.07) is 6.81. The second-order valence-corrected chi connectivity index (χ2v) is 6.61. The van der Waals surface area contributed by atoms with Crippen LogP contribution in [0.25, 0.3) is 6.08 Å². The highest BCUT2D eigenvalue weighted by atomic mass is 16.5. The zero-order chi connectivity index (χ0) is 13.4. The molecule has 98 valence electrons. The first-order valence-electron chi connectivity index (χ1n) is 6.71. The Morgan fingerprint density at radius 1 is 1.00 bits per heavy atom. The number of rotatable bonds is 2. The van der Waals surface area contributed by atoms with Crippen LogP contribution in [-0.2, 0) is 15.6 Å². The van der Waals surface area contributed by atoms with Crippen LogP contribution in [-0.4, -0.2) is 7.11 Å². The summed E-state index contributed by atoms with van der Waals surface area (Å²) in [6.45, 7) is 9.41. The van der Waals surface area contributed by atoms with Gasteiger partial charge in [-0.05, 0) is 46.4 Å². The van der Waals surface area contributed by atoms with Gasteiger partial charge in [-0.2, -0.15) is 0 Å². The lowest BCUT2D eigenvalue weighted by Crippen LogP contribution is -2.33. The highest BCUT2D eigenvalue weighted by molar-refractivity contribution is 5.54. The van der Waals surface area contributed by atoms with Crippen LogP contribution in [0.1, 0.15) is 57.2 Å².